The van der Waals surface area contributed by atoms with Crippen LogP contribution in [0.25, 0.3) is 0 Å². The smallest absolute Gasteiger partial charge is 0.255 e. The Hall–Kier alpha value is -2.05. The lowest BCUT2D eigenvalue weighted by Crippen LogP contribution is -2.44. The summed E-state index contributed by atoms with van der Waals surface area (Å²) in [5, 5.41) is 2.46. The van der Waals surface area contributed by atoms with Gasteiger partial charge in [-0.15, -0.1) is 11.8 Å². The van der Waals surface area contributed by atoms with E-state index in [4.69, 9.17) is 11.6 Å². The highest BCUT2D eigenvalue weighted by molar-refractivity contribution is 7.99. The zero-order valence-electron chi connectivity index (χ0n) is 12.5. The van der Waals surface area contributed by atoms with E-state index in [0.717, 1.165) is 0 Å². The maximum Gasteiger partial charge on any atom is 0.255 e. The number of carbonyl (C=O) groups is 2. The molecule has 0 aliphatic carbocycles. The number of nitrogens with zero attached hydrogens (tertiary/aromatic N) is 1. The predicted octanol–water partition coefficient (Wildman–Crippen LogP) is 3.63. The lowest BCUT2D eigenvalue weighted by Gasteiger charge is -2.23. The number of anilines is 1. The van der Waals surface area contributed by atoms with Gasteiger partial charge in [-0.2, -0.15) is 0 Å². The number of carbonyl (C=O) groups excluding carboxylic acids is 2. The van der Waals surface area contributed by atoms with Crippen LogP contribution in [0, 0.1) is 5.82 Å². The Morgan fingerprint density at radius 1 is 1.17 bits per heavy atom. The number of amides is 2. The molecule has 0 unspecified atom stereocenters. The van der Waals surface area contributed by atoms with E-state index in [1.807, 2.05) is 6.07 Å². The number of thioether (sulfide) groups is 1. The molecule has 0 saturated carbocycles. The van der Waals surface area contributed by atoms with Crippen LogP contribution in [0.3, 0.4) is 0 Å². The molecule has 3 rings (SSSR count). The normalized spacial score (nSPS) is 16.9. The fraction of sp³-hybridized carbons (Fsp3) is 0.176. The fourth-order valence-electron chi connectivity index (χ4n) is 2.42. The predicted molar refractivity (Wildman–Crippen MR) is 93.8 cm³/mol. The van der Waals surface area contributed by atoms with Crippen molar-refractivity contribution in [3.8, 4) is 0 Å². The molecule has 1 aliphatic rings. The van der Waals surface area contributed by atoms with Crippen LogP contribution in [-0.4, -0.2) is 34.4 Å². The highest BCUT2D eigenvalue weighted by atomic mass is 35.5. The molecule has 0 spiro atoms. The van der Waals surface area contributed by atoms with E-state index >= 15 is 0 Å². The monoisotopic (exact) mass is 364 g/mol. The number of benzene rings is 2. The molecule has 24 heavy (non-hydrogen) atoms. The van der Waals surface area contributed by atoms with Crippen molar-refractivity contribution in [3.05, 3.63) is 64.9 Å². The molecule has 0 aromatic heterocycles. The summed E-state index contributed by atoms with van der Waals surface area (Å²) < 4.78 is 13.9. The van der Waals surface area contributed by atoms with Crippen LogP contribution in [0.4, 0.5) is 10.1 Å². The van der Waals surface area contributed by atoms with Gasteiger partial charge in [-0.25, -0.2) is 4.39 Å². The van der Waals surface area contributed by atoms with E-state index in [0.29, 0.717) is 17.2 Å². The molecule has 1 fully saturated rings. The third-order valence-corrected chi connectivity index (χ3v) is 4.98. The lowest BCUT2D eigenvalue weighted by molar-refractivity contribution is -0.119. The van der Waals surface area contributed by atoms with Gasteiger partial charge >= 0.3 is 0 Å². The highest BCUT2D eigenvalue weighted by Crippen LogP contribution is 2.26. The van der Waals surface area contributed by atoms with E-state index in [2.05, 4.69) is 5.32 Å². The molecule has 7 heteroatoms. The molecular weight excluding hydrogens is 351 g/mol. The van der Waals surface area contributed by atoms with E-state index < -0.39 is 17.8 Å². The standard InChI is InChI=1S/C17H14ClFN2O2S/c18-12-7-4-8-13(15(12)19)20-16(22)14-9-24-10-21(14)17(23)11-5-2-1-3-6-11/h1-8,14H,9-10H2,(H,20,22)/t14-/m0/s1. The van der Waals surface area contributed by atoms with E-state index in [1.54, 1.807) is 30.3 Å². The summed E-state index contributed by atoms with van der Waals surface area (Å²) in [6.07, 6.45) is 0. The Labute approximate surface area is 148 Å². The number of rotatable bonds is 3. The molecule has 1 aliphatic heterocycles. The third kappa shape index (κ3) is 3.39. The second-order valence-corrected chi connectivity index (χ2v) is 6.65. The van der Waals surface area contributed by atoms with Crippen molar-refractivity contribution in [2.24, 2.45) is 0 Å². The molecule has 1 saturated heterocycles. The van der Waals surface area contributed by atoms with Crippen molar-refractivity contribution in [2.45, 2.75) is 6.04 Å². The summed E-state index contributed by atoms with van der Waals surface area (Å²) in [5.41, 5.74) is 0.531. The maximum atomic E-state index is 13.9. The van der Waals surface area contributed by atoms with Crippen LogP contribution in [0.2, 0.25) is 5.02 Å². The molecule has 1 N–H and O–H groups in total. The van der Waals surface area contributed by atoms with E-state index in [1.165, 1.54) is 28.8 Å². The topological polar surface area (TPSA) is 49.4 Å². The second kappa shape index (κ2) is 7.23. The largest absolute Gasteiger partial charge is 0.322 e. The minimum Gasteiger partial charge on any atom is -0.322 e. The van der Waals surface area contributed by atoms with Gasteiger partial charge in [-0.3, -0.25) is 9.59 Å². The highest BCUT2D eigenvalue weighted by Gasteiger charge is 2.35. The van der Waals surface area contributed by atoms with Crippen LogP contribution < -0.4 is 5.32 Å². The van der Waals surface area contributed by atoms with Gasteiger partial charge in [0, 0.05) is 11.3 Å². The molecule has 1 atom stereocenters. The van der Waals surface area contributed by atoms with E-state index in [9.17, 15) is 14.0 Å². The molecule has 1 heterocycles. The van der Waals surface area contributed by atoms with Crippen molar-refractivity contribution < 1.29 is 14.0 Å². The minimum atomic E-state index is -0.681. The quantitative estimate of drug-likeness (QED) is 0.904. The Bertz CT molecular complexity index is 772. The first kappa shape index (κ1) is 16.8. The van der Waals surface area contributed by atoms with Gasteiger partial charge in [-0.05, 0) is 24.3 Å². The van der Waals surface area contributed by atoms with Gasteiger partial charge in [0.05, 0.1) is 16.6 Å². The zero-order valence-corrected chi connectivity index (χ0v) is 14.1. The average molecular weight is 365 g/mol. The Balaban J connectivity index is 1.76. The summed E-state index contributed by atoms with van der Waals surface area (Å²) in [6.45, 7) is 0. The van der Waals surface area contributed by atoms with Gasteiger partial charge < -0.3 is 10.2 Å². The molecule has 0 bridgehead atoms. The van der Waals surface area contributed by atoms with Crippen molar-refractivity contribution in [1.29, 1.82) is 0 Å². The van der Waals surface area contributed by atoms with Crippen molar-refractivity contribution >= 4 is 40.9 Å². The molecular formula is C17H14ClFN2O2S. The molecule has 4 nitrogen and oxygen atoms in total. The van der Waals surface area contributed by atoms with Gasteiger partial charge in [0.2, 0.25) is 5.91 Å². The van der Waals surface area contributed by atoms with Crippen LogP contribution >= 0.6 is 23.4 Å². The maximum absolute atomic E-state index is 13.9. The van der Waals surface area contributed by atoms with Crippen LogP contribution in [0.1, 0.15) is 10.4 Å². The van der Waals surface area contributed by atoms with Gasteiger partial charge in [0.1, 0.15) is 6.04 Å². The Kier molecular flexibility index (Phi) is 5.06. The number of hydrogen-bond donors (Lipinski definition) is 1. The summed E-state index contributed by atoms with van der Waals surface area (Å²) in [4.78, 5) is 26.6. The minimum absolute atomic E-state index is 0.0107. The summed E-state index contributed by atoms with van der Waals surface area (Å²) in [5.74, 6) is -0.437. The Morgan fingerprint density at radius 3 is 2.67 bits per heavy atom. The fourth-order valence-corrected chi connectivity index (χ4v) is 3.75. The van der Waals surface area contributed by atoms with Crippen molar-refractivity contribution in [1.82, 2.24) is 4.90 Å². The van der Waals surface area contributed by atoms with Crippen molar-refractivity contribution in [3.63, 3.8) is 0 Å². The SMILES string of the molecule is O=C(Nc1cccc(Cl)c1F)[C@@H]1CSCN1C(=O)c1ccccc1. The summed E-state index contributed by atoms with van der Waals surface area (Å²) in [7, 11) is 0. The van der Waals surface area contributed by atoms with Crippen molar-refractivity contribution in [2.75, 3.05) is 16.9 Å². The molecule has 2 aromatic carbocycles. The zero-order chi connectivity index (χ0) is 17.1. The average Bonchev–Trinajstić information content (AvgIpc) is 3.09. The number of nitrogens with one attached hydrogen (secondary N) is 1. The third-order valence-electron chi connectivity index (χ3n) is 3.68. The first-order valence-electron chi connectivity index (χ1n) is 7.26. The first-order valence-corrected chi connectivity index (χ1v) is 8.80. The number of halogens is 2. The first-order chi connectivity index (χ1) is 11.6. The van der Waals surface area contributed by atoms with Crippen LogP contribution in [0.15, 0.2) is 48.5 Å². The second-order valence-electron chi connectivity index (χ2n) is 5.25. The molecule has 124 valence electrons. The Morgan fingerprint density at radius 2 is 1.92 bits per heavy atom. The van der Waals surface area contributed by atoms with Crippen LogP contribution in [-0.2, 0) is 4.79 Å². The molecule has 2 aromatic rings. The summed E-state index contributed by atoms with van der Waals surface area (Å²) in [6, 6.07) is 12.5. The van der Waals surface area contributed by atoms with Crippen LogP contribution in [0.5, 0.6) is 0 Å². The van der Waals surface area contributed by atoms with E-state index in [-0.39, 0.29) is 16.6 Å². The van der Waals surface area contributed by atoms with Gasteiger partial charge in [0.15, 0.2) is 5.82 Å². The summed E-state index contributed by atoms with van der Waals surface area (Å²) >= 11 is 7.21. The molecule has 2 amide bonds. The molecule has 0 radical (unpaired) electrons. The van der Waals surface area contributed by atoms with Gasteiger partial charge in [-0.1, -0.05) is 35.9 Å². The lowest BCUT2D eigenvalue weighted by atomic mass is 10.1. The number of hydrogen-bond acceptors (Lipinski definition) is 3. The van der Waals surface area contributed by atoms with Gasteiger partial charge in [0.25, 0.3) is 5.91 Å².